The maximum atomic E-state index is 13.3. The van der Waals surface area contributed by atoms with Crippen LogP contribution in [0.1, 0.15) is 28.6 Å². The average molecular weight is 395 g/mol. The van der Waals surface area contributed by atoms with Gasteiger partial charge in [0.05, 0.1) is 18.7 Å². The van der Waals surface area contributed by atoms with Crippen LogP contribution in [0.25, 0.3) is 0 Å². The number of nitrogens with zero attached hydrogens (tertiary/aromatic N) is 3. The van der Waals surface area contributed by atoms with Gasteiger partial charge < -0.3 is 18.8 Å². The van der Waals surface area contributed by atoms with Gasteiger partial charge in [-0.3, -0.25) is 9.59 Å². The molecule has 1 aromatic carbocycles. The molecule has 2 aromatic heterocycles. The van der Waals surface area contributed by atoms with E-state index in [-0.39, 0.29) is 30.1 Å². The second kappa shape index (κ2) is 8.34. The van der Waals surface area contributed by atoms with Crippen LogP contribution in [-0.4, -0.2) is 52.4 Å². The van der Waals surface area contributed by atoms with Gasteiger partial charge in [-0.05, 0) is 42.0 Å². The smallest absolute Gasteiger partial charge is 0.289 e. The summed E-state index contributed by atoms with van der Waals surface area (Å²) in [6, 6.07) is 13.2. The number of benzene rings is 1. The van der Waals surface area contributed by atoms with Crippen molar-refractivity contribution in [3.8, 4) is 0 Å². The Morgan fingerprint density at radius 1 is 0.931 bits per heavy atom. The zero-order valence-corrected chi connectivity index (χ0v) is 15.9. The Balaban J connectivity index is 1.41. The van der Waals surface area contributed by atoms with Crippen molar-refractivity contribution in [1.29, 1.82) is 0 Å². The summed E-state index contributed by atoms with van der Waals surface area (Å²) in [5.74, 6) is -0.130. The number of amides is 2. The summed E-state index contributed by atoms with van der Waals surface area (Å²) in [5, 5.41) is 0. The van der Waals surface area contributed by atoms with E-state index in [2.05, 4.69) is 0 Å². The van der Waals surface area contributed by atoms with E-state index in [0.29, 0.717) is 31.9 Å². The van der Waals surface area contributed by atoms with E-state index in [1.165, 1.54) is 18.4 Å². The van der Waals surface area contributed by atoms with Gasteiger partial charge in [0.25, 0.3) is 5.91 Å². The Morgan fingerprint density at radius 2 is 1.59 bits per heavy atom. The molecule has 1 unspecified atom stereocenters. The van der Waals surface area contributed by atoms with Gasteiger partial charge in [0.15, 0.2) is 5.76 Å². The molecule has 1 fully saturated rings. The monoisotopic (exact) mass is 395 g/mol. The van der Waals surface area contributed by atoms with Crippen LogP contribution in [0.2, 0.25) is 0 Å². The van der Waals surface area contributed by atoms with E-state index in [4.69, 9.17) is 4.42 Å². The SMILES string of the molecule is O=C(CC(c1ccc(F)cc1)n1cccc1)N1CCN(C(=O)c2ccco2)CC1. The van der Waals surface area contributed by atoms with Crippen LogP contribution < -0.4 is 0 Å². The molecule has 2 amide bonds. The largest absolute Gasteiger partial charge is 0.459 e. The van der Waals surface area contributed by atoms with Crippen molar-refractivity contribution in [1.82, 2.24) is 14.4 Å². The lowest BCUT2D eigenvalue weighted by molar-refractivity contribution is -0.133. The van der Waals surface area contributed by atoms with Crippen LogP contribution in [0.15, 0.2) is 71.6 Å². The maximum Gasteiger partial charge on any atom is 0.289 e. The fraction of sp³-hybridized carbons (Fsp3) is 0.273. The molecule has 7 heteroatoms. The molecule has 3 heterocycles. The van der Waals surface area contributed by atoms with Gasteiger partial charge in [0, 0.05) is 38.6 Å². The minimum atomic E-state index is -0.302. The maximum absolute atomic E-state index is 13.3. The molecule has 29 heavy (non-hydrogen) atoms. The van der Waals surface area contributed by atoms with Gasteiger partial charge in [0.2, 0.25) is 5.91 Å². The molecule has 1 atom stereocenters. The first-order valence-electron chi connectivity index (χ1n) is 9.60. The summed E-state index contributed by atoms with van der Waals surface area (Å²) in [6.07, 6.45) is 5.55. The van der Waals surface area contributed by atoms with Crippen molar-refractivity contribution in [2.45, 2.75) is 12.5 Å². The molecule has 0 spiro atoms. The van der Waals surface area contributed by atoms with E-state index in [0.717, 1.165) is 5.56 Å². The van der Waals surface area contributed by atoms with Gasteiger partial charge in [-0.25, -0.2) is 4.39 Å². The summed E-state index contributed by atoms with van der Waals surface area (Å²) < 4.78 is 20.5. The molecule has 0 bridgehead atoms. The van der Waals surface area contributed by atoms with Crippen LogP contribution in [0, 0.1) is 5.82 Å². The van der Waals surface area contributed by atoms with Crippen molar-refractivity contribution in [2.75, 3.05) is 26.2 Å². The Bertz CT molecular complexity index is 944. The molecular weight excluding hydrogens is 373 g/mol. The van der Waals surface area contributed by atoms with Crippen molar-refractivity contribution in [3.63, 3.8) is 0 Å². The van der Waals surface area contributed by atoms with E-state index < -0.39 is 0 Å². The second-order valence-electron chi connectivity index (χ2n) is 7.05. The van der Waals surface area contributed by atoms with Gasteiger partial charge in [-0.1, -0.05) is 12.1 Å². The van der Waals surface area contributed by atoms with Crippen LogP contribution in [-0.2, 0) is 4.79 Å². The average Bonchev–Trinajstić information content (AvgIpc) is 3.46. The standard InChI is InChI=1S/C22H22FN3O3/c23-18-7-5-17(6-8-18)19(24-9-1-2-10-24)16-21(27)25-11-13-26(14-12-25)22(28)20-4-3-15-29-20/h1-10,15,19H,11-14,16H2. The molecule has 1 saturated heterocycles. The Labute approximate surface area is 168 Å². The highest BCUT2D eigenvalue weighted by Gasteiger charge is 2.28. The zero-order chi connectivity index (χ0) is 20.2. The van der Waals surface area contributed by atoms with Gasteiger partial charge in [0.1, 0.15) is 5.82 Å². The van der Waals surface area contributed by atoms with Crippen LogP contribution in [0.3, 0.4) is 0 Å². The third kappa shape index (κ3) is 4.23. The highest BCUT2D eigenvalue weighted by Crippen LogP contribution is 2.24. The van der Waals surface area contributed by atoms with E-state index in [9.17, 15) is 14.0 Å². The molecule has 150 valence electrons. The van der Waals surface area contributed by atoms with Gasteiger partial charge >= 0.3 is 0 Å². The zero-order valence-electron chi connectivity index (χ0n) is 15.9. The number of rotatable bonds is 5. The molecule has 4 rings (SSSR count). The number of carbonyl (C=O) groups excluding carboxylic acids is 2. The lowest BCUT2D eigenvalue weighted by Crippen LogP contribution is -2.50. The predicted molar refractivity (Wildman–Crippen MR) is 105 cm³/mol. The quantitative estimate of drug-likeness (QED) is 0.667. The fourth-order valence-electron chi connectivity index (χ4n) is 3.65. The molecule has 1 aliphatic heterocycles. The first-order valence-corrected chi connectivity index (χ1v) is 9.60. The fourth-order valence-corrected chi connectivity index (χ4v) is 3.65. The number of carbonyl (C=O) groups is 2. The number of piperazine rings is 1. The molecule has 3 aromatic rings. The summed E-state index contributed by atoms with van der Waals surface area (Å²) in [7, 11) is 0. The van der Waals surface area contributed by atoms with Crippen LogP contribution in [0.5, 0.6) is 0 Å². The summed E-state index contributed by atoms with van der Waals surface area (Å²) in [4.78, 5) is 28.8. The molecule has 0 saturated carbocycles. The Kier molecular flexibility index (Phi) is 5.46. The van der Waals surface area contributed by atoms with Crippen molar-refractivity contribution < 1.29 is 18.4 Å². The minimum Gasteiger partial charge on any atom is -0.459 e. The lowest BCUT2D eigenvalue weighted by atomic mass is 10.0. The topological polar surface area (TPSA) is 58.7 Å². The summed E-state index contributed by atoms with van der Waals surface area (Å²) in [6.45, 7) is 1.90. The highest BCUT2D eigenvalue weighted by molar-refractivity contribution is 5.91. The molecule has 0 radical (unpaired) electrons. The third-order valence-electron chi connectivity index (χ3n) is 5.26. The van der Waals surface area contributed by atoms with E-state index in [1.807, 2.05) is 29.1 Å². The molecule has 1 aliphatic rings. The molecule has 0 aliphatic carbocycles. The van der Waals surface area contributed by atoms with Gasteiger partial charge in [-0.15, -0.1) is 0 Å². The van der Waals surface area contributed by atoms with Crippen LogP contribution >= 0.6 is 0 Å². The summed E-state index contributed by atoms with van der Waals surface area (Å²) in [5.41, 5.74) is 0.877. The van der Waals surface area contributed by atoms with Crippen molar-refractivity contribution >= 4 is 11.8 Å². The highest BCUT2D eigenvalue weighted by atomic mass is 19.1. The Morgan fingerprint density at radius 3 is 2.21 bits per heavy atom. The normalized spacial score (nSPS) is 15.3. The number of hydrogen-bond acceptors (Lipinski definition) is 3. The second-order valence-corrected chi connectivity index (χ2v) is 7.05. The number of hydrogen-bond donors (Lipinski definition) is 0. The van der Waals surface area contributed by atoms with E-state index >= 15 is 0 Å². The molecular formula is C22H22FN3O3. The van der Waals surface area contributed by atoms with Crippen molar-refractivity contribution in [3.05, 3.63) is 84.3 Å². The van der Waals surface area contributed by atoms with Gasteiger partial charge in [-0.2, -0.15) is 0 Å². The van der Waals surface area contributed by atoms with Crippen LogP contribution in [0.4, 0.5) is 4.39 Å². The lowest BCUT2D eigenvalue weighted by Gasteiger charge is -2.35. The molecule has 6 nitrogen and oxygen atoms in total. The van der Waals surface area contributed by atoms with E-state index in [1.54, 1.807) is 34.1 Å². The predicted octanol–water partition coefficient (Wildman–Crippen LogP) is 3.18. The number of furan rings is 1. The number of halogens is 1. The third-order valence-corrected chi connectivity index (χ3v) is 5.26. The van der Waals surface area contributed by atoms with Crippen molar-refractivity contribution in [2.24, 2.45) is 0 Å². The first kappa shape index (κ1) is 19.0. The molecule has 0 N–H and O–H groups in total. The minimum absolute atomic E-state index is 0.0122. The first-order chi connectivity index (χ1) is 14.1. The Hall–Kier alpha value is -3.35. The number of aromatic nitrogens is 1. The summed E-state index contributed by atoms with van der Waals surface area (Å²) >= 11 is 0.